The lowest BCUT2D eigenvalue weighted by Gasteiger charge is -2.02. The molecule has 6 nitrogen and oxygen atoms in total. The van der Waals surface area contributed by atoms with E-state index in [9.17, 15) is 0 Å². The molecule has 0 spiro atoms. The summed E-state index contributed by atoms with van der Waals surface area (Å²) >= 11 is 3.45. The highest BCUT2D eigenvalue weighted by Crippen LogP contribution is 2.28. The van der Waals surface area contributed by atoms with Crippen molar-refractivity contribution in [3.63, 3.8) is 0 Å². The molecule has 7 heteroatoms. The Hall–Kier alpha value is -1.83. The number of para-hydroxylation sites is 1. The molecule has 0 bridgehead atoms. The summed E-state index contributed by atoms with van der Waals surface area (Å²) in [5.41, 5.74) is 7.05. The number of aromatic nitrogens is 3. The Morgan fingerprint density at radius 1 is 1.30 bits per heavy atom. The number of hydrogen-bond acceptors (Lipinski definition) is 6. The van der Waals surface area contributed by atoms with Crippen molar-refractivity contribution in [2.24, 2.45) is 5.73 Å². The maximum Gasteiger partial charge on any atom is 0.246 e. The Kier molecular flexibility index (Phi) is 3.47. The normalized spacial score (nSPS) is 12.8. The fourth-order valence-electron chi connectivity index (χ4n) is 1.81. The van der Waals surface area contributed by atoms with Gasteiger partial charge in [-0.25, -0.2) is 4.98 Å². The molecule has 1 aromatic carbocycles. The molecular formula is C13H11BrN4O2. The van der Waals surface area contributed by atoms with Crippen LogP contribution in [0.3, 0.4) is 0 Å². The predicted octanol–water partition coefficient (Wildman–Crippen LogP) is 2.04. The molecule has 0 radical (unpaired) electrons. The van der Waals surface area contributed by atoms with E-state index in [1.165, 1.54) is 0 Å². The number of nitrogens with zero attached hydrogens (tertiary/aromatic N) is 3. The van der Waals surface area contributed by atoms with Crippen LogP contribution in [0.15, 0.2) is 39.3 Å². The fraction of sp³-hybridized carbons (Fsp3) is 0.154. The van der Waals surface area contributed by atoms with Crippen LogP contribution in [0.25, 0.3) is 22.4 Å². The van der Waals surface area contributed by atoms with E-state index in [4.69, 9.17) is 15.4 Å². The molecule has 20 heavy (non-hydrogen) atoms. The van der Waals surface area contributed by atoms with Gasteiger partial charge in [-0.1, -0.05) is 23.4 Å². The van der Waals surface area contributed by atoms with E-state index in [0.29, 0.717) is 11.5 Å². The van der Waals surface area contributed by atoms with Crippen LogP contribution in [-0.4, -0.2) is 26.8 Å². The Labute approximate surface area is 122 Å². The van der Waals surface area contributed by atoms with Crippen LogP contribution in [0.2, 0.25) is 0 Å². The van der Waals surface area contributed by atoms with Gasteiger partial charge in [-0.15, -0.1) is 0 Å². The molecule has 0 saturated carbocycles. The molecule has 2 aromatic heterocycles. The van der Waals surface area contributed by atoms with Gasteiger partial charge in [0.15, 0.2) is 0 Å². The molecule has 0 aliphatic heterocycles. The van der Waals surface area contributed by atoms with E-state index in [1.807, 2.05) is 30.3 Å². The van der Waals surface area contributed by atoms with Gasteiger partial charge >= 0.3 is 0 Å². The molecule has 0 amide bonds. The first kappa shape index (κ1) is 13.2. The molecule has 3 aromatic rings. The predicted molar refractivity (Wildman–Crippen MR) is 76.7 cm³/mol. The zero-order valence-electron chi connectivity index (χ0n) is 10.3. The van der Waals surface area contributed by atoms with Crippen molar-refractivity contribution in [1.29, 1.82) is 0 Å². The third-order valence-corrected chi connectivity index (χ3v) is 3.45. The number of halogens is 1. The van der Waals surface area contributed by atoms with Crippen molar-refractivity contribution in [3.8, 4) is 11.5 Å². The standard InChI is InChI=1S/C13H11BrN4O2/c14-8-5-7-3-1-2-4-10(7)16-11(8)12-17-13(20-18-12)9(15)6-19/h1-5,9,19H,6,15H2/t9-/m1/s1. The number of rotatable bonds is 3. The minimum Gasteiger partial charge on any atom is -0.394 e. The van der Waals surface area contributed by atoms with Crippen molar-refractivity contribution in [2.45, 2.75) is 6.04 Å². The number of aliphatic hydroxyl groups is 1. The second-order valence-corrected chi connectivity index (χ2v) is 5.11. The van der Waals surface area contributed by atoms with Gasteiger partial charge in [0.1, 0.15) is 11.7 Å². The lowest BCUT2D eigenvalue weighted by molar-refractivity contribution is 0.237. The lowest BCUT2D eigenvalue weighted by atomic mass is 10.2. The minimum atomic E-state index is -0.685. The van der Waals surface area contributed by atoms with Crippen molar-refractivity contribution in [2.75, 3.05) is 6.61 Å². The highest BCUT2D eigenvalue weighted by molar-refractivity contribution is 9.10. The van der Waals surface area contributed by atoms with E-state index in [1.54, 1.807) is 0 Å². The smallest absolute Gasteiger partial charge is 0.246 e. The zero-order chi connectivity index (χ0) is 14.1. The first-order chi connectivity index (χ1) is 9.69. The molecule has 102 valence electrons. The summed E-state index contributed by atoms with van der Waals surface area (Å²) in [7, 11) is 0. The molecule has 0 aliphatic carbocycles. The van der Waals surface area contributed by atoms with Crippen LogP contribution in [-0.2, 0) is 0 Å². The van der Waals surface area contributed by atoms with Crippen molar-refractivity contribution >= 4 is 26.8 Å². The number of fused-ring (bicyclic) bond motifs is 1. The van der Waals surface area contributed by atoms with Gasteiger partial charge in [-0.05, 0) is 28.1 Å². The third-order valence-electron chi connectivity index (χ3n) is 2.84. The highest BCUT2D eigenvalue weighted by atomic mass is 79.9. The SMILES string of the molecule is N[C@H](CO)c1nc(-c2nc3ccccc3cc2Br)no1. The van der Waals surface area contributed by atoms with Gasteiger partial charge in [0.05, 0.1) is 12.1 Å². The van der Waals surface area contributed by atoms with E-state index >= 15 is 0 Å². The average Bonchev–Trinajstić information content (AvgIpc) is 2.95. The summed E-state index contributed by atoms with van der Waals surface area (Å²) in [6, 6.07) is 9.00. The van der Waals surface area contributed by atoms with Gasteiger partial charge in [0.2, 0.25) is 11.7 Å². The number of benzene rings is 1. The van der Waals surface area contributed by atoms with Crippen LogP contribution >= 0.6 is 15.9 Å². The first-order valence-corrected chi connectivity index (χ1v) is 6.74. The van der Waals surface area contributed by atoms with Crippen LogP contribution in [0, 0.1) is 0 Å². The summed E-state index contributed by atoms with van der Waals surface area (Å²) in [5.74, 6) is 0.519. The maximum atomic E-state index is 8.99. The first-order valence-electron chi connectivity index (χ1n) is 5.94. The van der Waals surface area contributed by atoms with Crippen LogP contribution in [0.4, 0.5) is 0 Å². The molecule has 0 fully saturated rings. The Morgan fingerprint density at radius 2 is 2.10 bits per heavy atom. The molecule has 0 aliphatic rings. The zero-order valence-corrected chi connectivity index (χ0v) is 11.9. The summed E-state index contributed by atoms with van der Waals surface area (Å²) in [5, 5.41) is 13.9. The number of hydrogen-bond donors (Lipinski definition) is 2. The summed E-state index contributed by atoms with van der Waals surface area (Å²) in [6.45, 7) is -0.256. The van der Waals surface area contributed by atoms with E-state index in [0.717, 1.165) is 15.4 Å². The number of pyridine rings is 1. The lowest BCUT2D eigenvalue weighted by Crippen LogP contribution is -2.14. The van der Waals surface area contributed by atoms with E-state index < -0.39 is 6.04 Å². The average molecular weight is 335 g/mol. The summed E-state index contributed by atoms with van der Waals surface area (Å²) in [4.78, 5) is 8.67. The van der Waals surface area contributed by atoms with Gasteiger partial charge in [-0.2, -0.15) is 4.98 Å². The monoisotopic (exact) mass is 334 g/mol. The van der Waals surface area contributed by atoms with Crippen LogP contribution in [0.5, 0.6) is 0 Å². The summed E-state index contributed by atoms with van der Waals surface area (Å²) in [6.07, 6.45) is 0. The van der Waals surface area contributed by atoms with Crippen molar-refractivity contribution in [3.05, 3.63) is 40.7 Å². The Morgan fingerprint density at radius 3 is 2.90 bits per heavy atom. The fourth-order valence-corrected chi connectivity index (χ4v) is 2.32. The van der Waals surface area contributed by atoms with Crippen LogP contribution < -0.4 is 5.73 Å². The minimum absolute atomic E-state index is 0.185. The Bertz CT molecular complexity index is 759. The largest absolute Gasteiger partial charge is 0.394 e. The van der Waals surface area contributed by atoms with E-state index in [-0.39, 0.29) is 12.5 Å². The van der Waals surface area contributed by atoms with Gasteiger partial charge in [-0.3, -0.25) is 0 Å². The molecule has 1 atom stereocenters. The number of nitrogens with two attached hydrogens (primary N) is 1. The quantitative estimate of drug-likeness (QED) is 0.760. The molecule has 0 unspecified atom stereocenters. The van der Waals surface area contributed by atoms with Crippen molar-refractivity contribution in [1.82, 2.24) is 15.1 Å². The Balaban J connectivity index is 2.09. The van der Waals surface area contributed by atoms with Crippen LogP contribution in [0.1, 0.15) is 11.9 Å². The second-order valence-electron chi connectivity index (χ2n) is 4.26. The molecule has 3 rings (SSSR count). The molecular weight excluding hydrogens is 324 g/mol. The number of aliphatic hydroxyl groups excluding tert-OH is 1. The molecule has 3 N–H and O–H groups in total. The summed E-state index contributed by atoms with van der Waals surface area (Å²) < 4.78 is 5.80. The van der Waals surface area contributed by atoms with Gasteiger partial charge < -0.3 is 15.4 Å². The highest BCUT2D eigenvalue weighted by Gasteiger charge is 2.17. The van der Waals surface area contributed by atoms with Crippen molar-refractivity contribution < 1.29 is 9.63 Å². The second kappa shape index (κ2) is 5.28. The van der Waals surface area contributed by atoms with Gasteiger partial charge in [0.25, 0.3) is 0 Å². The van der Waals surface area contributed by atoms with E-state index in [2.05, 4.69) is 31.1 Å². The third kappa shape index (κ3) is 2.31. The molecule has 0 saturated heterocycles. The topological polar surface area (TPSA) is 98.1 Å². The molecule has 2 heterocycles. The maximum absolute atomic E-state index is 8.99. The van der Waals surface area contributed by atoms with Gasteiger partial charge in [0, 0.05) is 9.86 Å².